The number of ether oxygens (including phenoxy) is 1. The molecule has 0 unspecified atom stereocenters. The van der Waals surface area contributed by atoms with Crippen molar-refractivity contribution >= 4 is 17.1 Å². The van der Waals surface area contributed by atoms with Gasteiger partial charge in [0.2, 0.25) is 0 Å². The molecule has 1 aliphatic rings. The minimum absolute atomic E-state index is 0.188. The number of aryl methyl sites for hydroxylation is 1. The summed E-state index contributed by atoms with van der Waals surface area (Å²) in [7, 11) is 1.45. The van der Waals surface area contributed by atoms with Gasteiger partial charge in [0.1, 0.15) is 0 Å². The molecule has 0 aromatic heterocycles. The fourth-order valence-corrected chi connectivity index (χ4v) is 4.68. The molecule has 3 aromatic rings. The topological polar surface area (TPSA) is 29.5 Å². The Morgan fingerprint density at radius 2 is 1.44 bits per heavy atom. The molecule has 0 radical (unpaired) electrons. The molecule has 1 saturated heterocycles. The second-order valence-corrected chi connectivity index (χ2v) is 9.53. The Labute approximate surface area is 204 Å². The van der Waals surface area contributed by atoms with Crippen LogP contribution in [0.3, 0.4) is 0 Å². The quantitative estimate of drug-likeness (QED) is 0.280. The molecule has 4 rings (SSSR count). The van der Waals surface area contributed by atoms with Crippen LogP contribution in [0, 0.1) is 6.92 Å². The van der Waals surface area contributed by atoms with E-state index in [-0.39, 0.29) is 5.97 Å². The molecule has 0 amide bonds. The van der Waals surface area contributed by atoms with Gasteiger partial charge in [-0.25, -0.2) is 0 Å². The summed E-state index contributed by atoms with van der Waals surface area (Å²) in [4.78, 5) is 14.6. The lowest BCUT2D eigenvalue weighted by atomic mass is 9.85. The van der Waals surface area contributed by atoms with Crippen LogP contribution in [-0.4, -0.2) is 37.1 Å². The molecule has 1 heterocycles. The van der Waals surface area contributed by atoms with E-state index in [1.54, 1.807) is 0 Å². The molecule has 3 aromatic carbocycles. The summed E-state index contributed by atoms with van der Waals surface area (Å²) in [5.41, 5.74) is 8.45. The van der Waals surface area contributed by atoms with Crippen LogP contribution in [0.2, 0.25) is 0 Å². The number of carbonyl (C=O) groups is 1. The molecule has 0 atom stereocenters. The van der Waals surface area contributed by atoms with Gasteiger partial charge in [0.25, 0.3) is 0 Å². The predicted octanol–water partition coefficient (Wildman–Crippen LogP) is 6.71. The van der Waals surface area contributed by atoms with Gasteiger partial charge in [0.15, 0.2) is 0 Å². The zero-order valence-corrected chi connectivity index (χ0v) is 20.8. The number of rotatable bonds is 8. The van der Waals surface area contributed by atoms with Crippen LogP contribution < -0.4 is 0 Å². The summed E-state index contributed by atoms with van der Waals surface area (Å²) in [6, 6.07) is 28.8. The van der Waals surface area contributed by atoms with Gasteiger partial charge in [-0.1, -0.05) is 84.4 Å². The van der Waals surface area contributed by atoms with E-state index in [0.29, 0.717) is 24.8 Å². The SMILES string of the molecule is COC(=O)CC/C(=C(\c1ccc(C)cc1)c1ccc(C2CN(C(C)C)C2)cc1)c1ccccc1. The largest absolute Gasteiger partial charge is 0.469 e. The normalized spacial score (nSPS) is 15.1. The number of carbonyl (C=O) groups excluding carboxylic acids is 1. The number of hydrogen-bond donors (Lipinski definition) is 0. The molecule has 176 valence electrons. The Morgan fingerprint density at radius 3 is 2.00 bits per heavy atom. The van der Waals surface area contributed by atoms with Crippen LogP contribution in [0.25, 0.3) is 11.1 Å². The third-order valence-electron chi connectivity index (χ3n) is 6.88. The Bertz CT molecular complexity index is 1120. The van der Waals surface area contributed by atoms with Crippen molar-refractivity contribution in [3.63, 3.8) is 0 Å². The van der Waals surface area contributed by atoms with Gasteiger partial charge in [-0.15, -0.1) is 0 Å². The Hall–Kier alpha value is -3.17. The van der Waals surface area contributed by atoms with Gasteiger partial charge < -0.3 is 4.74 Å². The summed E-state index contributed by atoms with van der Waals surface area (Å²) in [6.07, 6.45) is 0.967. The minimum atomic E-state index is -0.188. The number of esters is 1. The Kier molecular flexibility index (Phi) is 7.64. The van der Waals surface area contributed by atoms with Crippen LogP contribution in [-0.2, 0) is 9.53 Å². The molecule has 0 bridgehead atoms. The molecule has 3 nitrogen and oxygen atoms in total. The first-order valence-corrected chi connectivity index (χ1v) is 12.2. The monoisotopic (exact) mass is 453 g/mol. The minimum Gasteiger partial charge on any atom is -0.469 e. The standard InChI is InChI=1S/C31H35NO2/c1-22(2)32-20-28(21-32)24-14-16-27(17-15-24)31(26-12-10-23(3)11-13-26)29(18-19-30(33)34-4)25-8-6-5-7-9-25/h5-17,22,28H,18-21H2,1-4H3/b31-29-. The van der Waals surface area contributed by atoms with Gasteiger partial charge in [-0.2, -0.15) is 0 Å². The fraction of sp³-hybridized carbons (Fsp3) is 0.323. The zero-order valence-electron chi connectivity index (χ0n) is 20.8. The van der Waals surface area contributed by atoms with Crippen molar-refractivity contribution in [3.05, 3.63) is 107 Å². The number of likely N-dealkylation sites (tertiary alicyclic amines) is 1. The molecule has 0 aliphatic carbocycles. The first-order valence-electron chi connectivity index (χ1n) is 12.2. The highest BCUT2D eigenvalue weighted by Gasteiger charge is 2.29. The highest BCUT2D eigenvalue weighted by atomic mass is 16.5. The average molecular weight is 454 g/mol. The maximum Gasteiger partial charge on any atom is 0.305 e. The van der Waals surface area contributed by atoms with E-state index in [2.05, 4.69) is 98.5 Å². The van der Waals surface area contributed by atoms with E-state index in [4.69, 9.17) is 4.74 Å². The number of nitrogens with zero attached hydrogens (tertiary/aromatic N) is 1. The molecule has 0 spiro atoms. The maximum atomic E-state index is 12.1. The lowest BCUT2D eigenvalue weighted by Crippen LogP contribution is -2.48. The van der Waals surface area contributed by atoms with Gasteiger partial charge in [0, 0.05) is 31.5 Å². The summed E-state index contributed by atoms with van der Waals surface area (Å²) in [6.45, 7) is 8.89. The van der Waals surface area contributed by atoms with Crippen molar-refractivity contribution < 1.29 is 9.53 Å². The van der Waals surface area contributed by atoms with Crippen molar-refractivity contribution in [3.8, 4) is 0 Å². The van der Waals surface area contributed by atoms with Crippen LogP contribution in [0.5, 0.6) is 0 Å². The fourth-order valence-electron chi connectivity index (χ4n) is 4.68. The van der Waals surface area contributed by atoms with Gasteiger partial charge in [-0.05, 0) is 60.6 Å². The number of allylic oxidation sites excluding steroid dienone is 1. The molecule has 1 fully saturated rings. The van der Waals surface area contributed by atoms with Crippen LogP contribution in [0.4, 0.5) is 0 Å². The molecule has 34 heavy (non-hydrogen) atoms. The zero-order chi connectivity index (χ0) is 24.1. The van der Waals surface area contributed by atoms with E-state index in [1.807, 2.05) is 6.07 Å². The number of hydrogen-bond acceptors (Lipinski definition) is 3. The van der Waals surface area contributed by atoms with Crippen molar-refractivity contribution in [1.82, 2.24) is 4.90 Å². The van der Waals surface area contributed by atoms with E-state index in [9.17, 15) is 4.79 Å². The molecular weight excluding hydrogens is 418 g/mol. The molecular formula is C31H35NO2. The highest BCUT2D eigenvalue weighted by Crippen LogP contribution is 2.37. The second kappa shape index (κ2) is 10.8. The predicted molar refractivity (Wildman–Crippen MR) is 141 cm³/mol. The summed E-state index contributed by atoms with van der Waals surface area (Å²) < 4.78 is 4.96. The van der Waals surface area contributed by atoms with E-state index >= 15 is 0 Å². The summed E-state index contributed by atoms with van der Waals surface area (Å²) in [5.74, 6) is 0.419. The van der Waals surface area contributed by atoms with E-state index in [0.717, 1.165) is 29.8 Å². The highest BCUT2D eigenvalue weighted by molar-refractivity contribution is 5.99. The number of methoxy groups -OCH3 is 1. The summed E-state index contributed by atoms with van der Waals surface area (Å²) >= 11 is 0. The Balaban J connectivity index is 1.77. The van der Waals surface area contributed by atoms with Crippen LogP contribution in [0.15, 0.2) is 78.9 Å². The first-order chi connectivity index (χ1) is 16.5. The average Bonchev–Trinajstić information content (AvgIpc) is 2.82. The smallest absolute Gasteiger partial charge is 0.305 e. The number of benzene rings is 3. The van der Waals surface area contributed by atoms with Crippen LogP contribution in [0.1, 0.15) is 60.4 Å². The Morgan fingerprint density at radius 1 is 0.853 bits per heavy atom. The molecule has 0 saturated carbocycles. The van der Waals surface area contributed by atoms with E-state index < -0.39 is 0 Å². The van der Waals surface area contributed by atoms with E-state index in [1.165, 1.54) is 29.4 Å². The van der Waals surface area contributed by atoms with Gasteiger partial charge in [0.05, 0.1) is 7.11 Å². The lowest BCUT2D eigenvalue weighted by molar-refractivity contribution is -0.140. The molecule has 0 N–H and O–H groups in total. The van der Waals surface area contributed by atoms with Gasteiger partial charge >= 0.3 is 5.97 Å². The molecule has 3 heteroatoms. The van der Waals surface area contributed by atoms with Crippen molar-refractivity contribution in [2.45, 2.75) is 45.6 Å². The summed E-state index contributed by atoms with van der Waals surface area (Å²) in [5, 5.41) is 0. The third-order valence-corrected chi connectivity index (χ3v) is 6.88. The van der Waals surface area contributed by atoms with Crippen molar-refractivity contribution in [2.24, 2.45) is 0 Å². The van der Waals surface area contributed by atoms with Crippen molar-refractivity contribution in [2.75, 3.05) is 20.2 Å². The lowest BCUT2D eigenvalue weighted by Gasteiger charge is -2.42. The third kappa shape index (κ3) is 5.48. The maximum absolute atomic E-state index is 12.1. The molecule has 1 aliphatic heterocycles. The second-order valence-electron chi connectivity index (χ2n) is 9.53. The van der Waals surface area contributed by atoms with Crippen LogP contribution >= 0.6 is 0 Å². The van der Waals surface area contributed by atoms with Gasteiger partial charge in [-0.3, -0.25) is 9.69 Å². The van der Waals surface area contributed by atoms with Crippen molar-refractivity contribution in [1.29, 1.82) is 0 Å². The first kappa shape index (κ1) is 24.0.